The first-order valence-electron chi connectivity index (χ1n) is 6.37. The van der Waals surface area contributed by atoms with E-state index in [0.29, 0.717) is 18.4 Å². The van der Waals surface area contributed by atoms with Crippen molar-refractivity contribution in [3.05, 3.63) is 30.2 Å². The van der Waals surface area contributed by atoms with Gasteiger partial charge in [-0.1, -0.05) is 6.07 Å². The Bertz CT molecular complexity index is 761. The Morgan fingerprint density at radius 1 is 1.40 bits per heavy atom. The predicted octanol–water partition coefficient (Wildman–Crippen LogP) is 3.04. The molecule has 1 aliphatic rings. The van der Waals surface area contributed by atoms with Gasteiger partial charge in [0.1, 0.15) is 18.5 Å². The number of aryl methyl sites for hydroxylation is 1. The first-order chi connectivity index (χ1) is 9.79. The number of hydrogen-bond donors (Lipinski definition) is 0. The number of ether oxygens (including phenoxy) is 2. The third kappa shape index (κ3) is 2.17. The van der Waals surface area contributed by atoms with Gasteiger partial charge in [-0.2, -0.15) is 0 Å². The average molecular weight is 288 g/mol. The normalized spacial score (nSPS) is 17.6. The van der Waals surface area contributed by atoms with Gasteiger partial charge in [-0.15, -0.1) is 21.5 Å². The van der Waals surface area contributed by atoms with Crippen LogP contribution in [0.5, 0.6) is 5.75 Å². The quantitative estimate of drug-likeness (QED) is 0.691. The van der Waals surface area contributed by atoms with E-state index in [0.717, 1.165) is 27.3 Å². The number of benzene rings is 1. The van der Waals surface area contributed by atoms with Crippen LogP contribution in [0.1, 0.15) is 5.89 Å². The Labute approximate surface area is 119 Å². The van der Waals surface area contributed by atoms with Gasteiger partial charge in [0, 0.05) is 17.0 Å². The molecule has 102 valence electrons. The maximum absolute atomic E-state index is 5.81. The van der Waals surface area contributed by atoms with Crippen LogP contribution in [-0.4, -0.2) is 29.5 Å². The van der Waals surface area contributed by atoms with Gasteiger partial charge in [0.15, 0.2) is 0 Å². The van der Waals surface area contributed by atoms with E-state index in [1.807, 2.05) is 18.2 Å². The summed E-state index contributed by atoms with van der Waals surface area (Å²) in [6.45, 7) is 3.18. The molecule has 3 heterocycles. The van der Waals surface area contributed by atoms with Crippen molar-refractivity contribution in [3.63, 3.8) is 0 Å². The summed E-state index contributed by atoms with van der Waals surface area (Å²) in [5, 5.41) is 9.00. The van der Waals surface area contributed by atoms with Crippen LogP contribution in [-0.2, 0) is 4.74 Å². The van der Waals surface area contributed by atoms with Crippen LogP contribution >= 0.6 is 11.3 Å². The molecule has 0 aliphatic carbocycles. The van der Waals surface area contributed by atoms with E-state index in [1.54, 1.807) is 18.3 Å². The van der Waals surface area contributed by atoms with Gasteiger partial charge in [-0.3, -0.25) is 0 Å². The fourth-order valence-corrected chi connectivity index (χ4v) is 3.01. The molecule has 0 saturated carbocycles. The third-order valence-corrected chi connectivity index (χ3v) is 4.17. The van der Waals surface area contributed by atoms with Crippen molar-refractivity contribution in [1.29, 1.82) is 0 Å². The zero-order valence-corrected chi connectivity index (χ0v) is 11.6. The Morgan fingerprint density at radius 3 is 3.05 bits per heavy atom. The SMILES string of the molecule is Cc1nnc(-c2cc3c(OC[C@@H]4CO4)cccc3s2)o1. The van der Waals surface area contributed by atoms with Crippen molar-refractivity contribution in [2.75, 3.05) is 13.2 Å². The number of nitrogens with zero attached hydrogens (tertiary/aromatic N) is 2. The standard InChI is InChI=1S/C14H12N2O3S/c1-8-15-16-14(19-8)13-5-10-11(18-7-9-6-17-9)3-2-4-12(10)20-13/h2-5,9H,6-7H2,1H3/t9-/m0/s1. The van der Waals surface area contributed by atoms with Crippen molar-refractivity contribution in [2.45, 2.75) is 13.0 Å². The van der Waals surface area contributed by atoms with E-state index in [1.165, 1.54) is 0 Å². The molecule has 1 atom stereocenters. The summed E-state index contributed by atoms with van der Waals surface area (Å²) < 4.78 is 17.6. The van der Waals surface area contributed by atoms with E-state index in [2.05, 4.69) is 16.3 Å². The van der Waals surface area contributed by atoms with Crippen molar-refractivity contribution < 1.29 is 13.9 Å². The zero-order chi connectivity index (χ0) is 13.5. The lowest BCUT2D eigenvalue weighted by Crippen LogP contribution is -2.03. The van der Waals surface area contributed by atoms with E-state index < -0.39 is 0 Å². The minimum absolute atomic E-state index is 0.252. The molecule has 4 rings (SSSR count). The van der Waals surface area contributed by atoms with Crippen molar-refractivity contribution in [2.24, 2.45) is 0 Å². The number of hydrogen-bond acceptors (Lipinski definition) is 6. The highest BCUT2D eigenvalue weighted by Crippen LogP contribution is 2.37. The molecule has 5 nitrogen and oxygen atoms in total. The summed E-state index contributed by atoms with van der Waals surface area (Å²) >= 11 is 1.62. The largest absolute Gasteiger partial charge is 0.490 e. The third-order valence-electron chi connectivity index (χ3n) is 3.09. The Kier molecular flexibility index (Phi) is 2.71. The summed E-state index contributed by atoms with van der Waals surface area (Å²) in [7, 11) is 0. The lowest BCUT2D eigenvalue weighted by Gasteiger charge is -2.04. The molecule has 0 N–H and O–H groups in total. The summed E-state index contributed by atoms with van der Waals surface area (Å²) in [5.74, 6) is 2.00. The zero-order valence-electron chi connectivity index (χ0n) is 10.8. The first kappa shape index (κ1) is 11.9. The second kappa shape index (κ2) is 4.57. The lowest BCUT2D eigenvalue weighted by molar-refractivity contribution is 0.265. The molecule has 1 saturated heterocycles. The number of fused-ring (bicyclic) bond motifs is 1. The number of rotatable bonds is 4. The molecule has 0 unspecified atom stereocenters. The molecule has 1 fully saturated rings. The smallest absolute Gasteiger partial charge is 0.257 e. The highest BCUT2D eigenvalue weighted by Gasteiger charge is 2.23. The van der Waals surface area contributed by atoms with Gasteiger partial charge < -0.3 is 13.9 Å². The van der Waals surface area contributed by atoms with Crippen LogP contribution in [0.2, 0.25) is 0 Å². The minimum Gasteiger partial charge on any atom is -0.490 e. The predicted molar refractivity (Wildman–Crippen MR) is 75.1 cm³/mol. The highest BCUT2D eigenvalue weighted by molar-refractivity contribution is 7.22. The highest BCUT2D eigenvalue weighted by atomic mass is 32.1. The number of thiophene rings is 1. The monoisotopic (exact) mass is 288 g/mol. The average Bonchev–Trinajstić information content (AvgIpc) is 3.00. The van der Waals surface area contributed by atoms with Crippen molar-refractivity contribution in [3.8, 4) is 16.5 Å². The fraction of sp³-hybridized carbons (Fsp3) is 0.286. The maximum Gasteiger partial charge on any atom is 0.257 e. The topological polar surface area (TPSA) is 60.7 Å². The van der Waals surface area contributed by atoms with Crippen LogP contribution < -0.4 is 4.74 Å². The molecule has 0 bridgehead atoms. The van der Waals surface area contributed by atoms with Crippen LogP contribution in [0.4, 0.5) is 0 Å². The van der Waals surface area contributed by atoms with E-state index in [4.69, 9.17) is 13.9 Å². The van der Waals surface area contributed by atoms with E-state index in [-0.39, 0.29) is 6.10 Å². The summed E-state index contributed by atoms with van der Waals surface area (Å²) in [6, 6.07) is 8.06. The molecular formula is C14H12N2O3S. The Balaban J connectivity index is 1.72. The van der Waals surface area contributed by atoms with Crippen LogP contribution in [0.25, 0.3) is 20.9 Å². The molecule has 1 aliphatic heterocycles. The molecule has 3 aromatic rings. The summed E-state index contributed by atoms with van der Waals surface area (Å²) in [6.07, 6.45) is 0.252. The Hall–Kier alpha value is -1.92. The maximum atomic E-state index is 5.81. The molecular weight excluding hydrogens is 276 g/mol. The van der Waals surface area contributed by atoms with Crippen LogP contribution in [0.3, 0.4) is 0 Å². The second-order valence-corrected chi connectivity index (χ2v) is 5.75. The molecule has 0 radical (unpaired) electrons. The first-order valence-corrected chi connectivity index (χ1v) is 7.19. The second-order valence-electron chi connectivity index (χ2n) is 4.67. The Morgan fingerprint density at radius 2 is 2.30 bits per heavy atom. The number of aromatic nitrogens is 2. The lowest BCUT2D eigenvalue weighted by atomic mass is 10.2. The van der Waals surface area contributed by atoms with Gasteiger partial charge in [-0.05, 0) is 18.2 Å². The molecule has 0 amide bonds. The van der Waals surface area contributed by atoms with Crippen molar-refractivity contribution >= 4 is 21.4 Å². The van der Waals surface area contributed by atoms with Gasteiger partial charge in [0.2, 0.25) is 5.89 Å². The molecule has 1 aromatic carbocycles. The summed E-state index contributed by atoms with van der Waals surface area (Å²) in [4.78, 5) is 0.958. The summed E-state index contributed by atoms with van der Waals surface area (Å²) in [5.41, 5.74) is 0. The van der Waals surface area contributed by atoms with Crippen LogP contribution in [0.15, 0.2) is 28.7 Å². The van der Waals surface area contributed by atoms with Crippen LogP contribution in [0, 0.1) is 6.92 Å². The molecule has 6 heteroatoms. The van der Waals surface area contributed by atoms with E-state index in [9.17, 15) is 0 Å². The van der Waals surface area contributed by atoms with E-state index >= 15 is 0 Å². The van der Waals surface area contributed by atoms with Gasteiger partial charge >= 0.3 is 0 Å². The molecule has 2 aromatic heterocycles. The minimum atomic E-state index is 0.252. The number of epoxide rings is 1. The molecule has 0 spiro atoms. The van der Waals surface area contributed by atoms with Crippen molar-refractivity contribution in [1.82, 2.24) is 10.2 Å². The van der Waals surface area contributed by atoms with Gasteiger partial charge in [0.05, 0.1) is 11.5 Å². The van der Waals surface area contributed by atoms with Gasteiger partial charge in [0.25, 0.3) is 5.89 Å². The van der Waals surface area contributed by atoms with Gasteiger partial charge in [-0.25, -0.2) is 0 Å². The fourth-order valence-electron chi connectivity index (χ4n) is 2.01. The molecule has 20 heavy (non-hydrogen) atoms.